The van der Waals surface area contributed by atoms with E-state index in [2.05, 4.69) is 18.3 Å². The first-order valence-corrected chi connectivity index (χ1v) is 7.76. The third-order valence-electron chi connectivity index (χ3n) is 2.87. The Labute approximate surface area is 129 Å². The fourth-order valence-electron chi connectivity index (χ4n) is 1.82. The van der Waals surface area contributed by atoms with E-state index in [0.29, 0.717) is 16.8 Å². The van der Waals surface area contributed by atoms with Crippen LogP contribution in [0.5, 0.6) is 0 Å². The molecule has 21 heavy (non-hydrogen) atoms. The quantitative estimate of drug-likeness (QED) is 0.836. The lowest BCUT2D eigenvalue weighted by Gasteiger charge is -2.09. The maximum Gasteiger partial charge on any atom is 0.256 e. The Morgan fingerprint density at radius 1 is 1.19 bits per heavy atom. The molecule has 2 aromatic carbocycles. The number of rotatable bonds is 5. The molecule has 0 atom stereocenters. The fourth-order valence-corrected chi connectivity index (χ4v) is 2.73. The Kier molecular flexibility index (Phi) is 5.42. The predicted molar refractivity (Wildman–Crippen MR) is 86.6 cm³/mol. The molecule has 0 aromatic heterocycles. The molecular weight excluding hydrogens is 280 g/mol. The number of anilines is 1. The second-order valence-electron chi connectivity index (χ2n) is 4.49. The molecular formula is C17H16N2OS. The largest absolute Gasteiger partial charge is 0.322 e. The Hall–Kier alpha value is -2.25. The second kappa shape index (κ2) is 7.51. The molecule has 0 bridgehead atoms. The summed E-state index contributed by atoms with van der Waals surface area (Å²) in [5.74, 6) is 0.861. The highest BCUT2D eigenvalue weighted by Gasteiger charge is 2.11. The van der Waals surface area contributed by atoms with Crippen molar-refractivity contribution in [2.75, 3.05) is 11.1 Å². The number of nitriles is 1. The first kappa shape index (κ1) is 15.1. The zero-order valence-electron chi connectivity index (χ0n) is 11.8. The number of benzene rings is 2. The summed E-state index contributed by atoms with van der Waals surface area (Å²) < 4.78 is 0. The Morgan fingerprint density at radius 3 is 2.57 bits per heavy atom. The summed E-state index contributed by atoms with van der Waals surface area (Å²) in [4.78, 5) is 13.4. The standard InChI is InChI=1S/C17H16N2OS/c1-2-11-21-16-6-4-3-5-15(16)17(20)19-14-9-7-13(12-18)8-10-14/h3-10H,2,11H2,1H3,(H,19,20). The summed E-state index contributed by atoms with van der Waals surface area (Å²) >= 11 is 1.69. The summed E-state index contributed by atoms with van der Waals surface area (Å²) in [6.07, 6.45) is 1.07. The molecule has 0 saturated heterocycles. The highest BCUT2D eigenvalue weighted by molar-refractivity contribution is 7.99. The van der Waals surface area contributed by atoms with Crippen molar-refractivity contribution in [3.8, 4) is 6.07 Å². The zero-order valence-corrected chi connectivity index (χ0v) is 12.6. The van der Waals surface area contributed by atoms with E-state index in [0.717, 1.165) is 17.1 Å². The third-order valence-corrected chi connectivity index (χ3v) is 4.14. The number of carbonyl (C=O) groups is 1. The van der Waals surface area contributed by atoms with E-state index in [-0.39, 0.29) is 5.91 Å². The van der Waals surface area contributed by atoms with Crippen molar-refractivity contribution in [3.05, 3.63) is 59.7 Å². The highest BCUT2D eigenvalue weighted by Crippen LogP contribution is 2.24. The Bertz CT molecular complexity index is 659. The van der Waals surface area contributed by atoms with Crippen LogP contribution in [0.4, 0.5) is 5.69 Å². The highest BCUT2D eigenvalue weighted by atomic mass is 32.2. The van der Waals surface area contributed by atoms with Crippen molar-refractivity contribution >= 4 is 23.4 Å². The van der Waals surface area contributed by atoms with Gasteiger partial charge in [-0.05, 0) is 48.6 Å². The van der Waals surface area contributed by atoms with Gasteiger partial charge in [-0.3, -0.25) is 4.79 Å². The summed E-state index contributed by atoms with van der Waals surface area (Å²) in [7, 11) is 0. The van der Waals surface area contributed by atoms with Crippen molar-refractivity contribution in [2.24, 2.45) is 0 Å². The van der Waals surface area contributed by atoms with Crippen LogP contribution in [0.2, 0.25) is 0 Å². The monoisotopic (exact) mass is 296 g/mol. The van der Waals surface area contributed by atoms with Gasteiger partial charge in [0.15, 0.2) is 0 Å². The molecule has 0 radical (unpaired) electrons. The number of amides is 1. The molecule has 1 amide bonds. The van der Waals surface area contributed by atoms with Crippen LogP contribution in [0.3, 0.4) is 0 Å². The van der Waals surface area contributed by atoms with Crippen molar-refractivity contribution in [2.45, 2.75) is 18.2 Å². The molecule has 0 aliphatic carbocycles. The lowest BCUT2D eigenvalue weighted by atomic mass is 10.2. The number of nitrogens with one attached hydrogen (secondary N) is 1. The predicted octanol–water partition coefficient (Wildman–Crippen LogP) is 4.31. The molecule has 0 heterocycles. The number of nitrogens with zero attached hydrogens (tertiary/aromatic N) is 1. The van der Waals surface area contributed by atoms with E-state index in [9.17, 15) is 4.79 Å². The van der Waals surface area contributed by atoms with Gasteiger partial charge in [0.2, 0.25) is 0 Å². The van der Waals surface area contributed by atoms with Gasteiger partial charge >= 0.3 is 0 Å². The maximum absolute atomic E-state index is 12.4. The van der Waals surface area contributed by atoms with Crippen LogP contribution >= 0.6 is 11.8 Å². The smallest absolute Gasteiger partial charge is 0.256 e. The van der Waals surface area contributed by atoms with Gasteiger partial charge in [0.1, 0.15) is 0 Å². The molecule has 2 rings (SSSR count). The van der Waals surface area contributed by atoms with Crippen LogP contribution in [0, 0.1) is 11.3 Å². The van der Waals surface area contributed by atoms with Crippen molar-refractivity contribution in [1.29, 1.82) is 5.26 Å². The molecule has 0 unspecified atom stereocenters. The van der Waals surface area contributed by atoms with Gasteiger partial charge in [-0.1, -0.05) is 19.1 Å². The van der Waals surface area contributed by atoms with E-state index in [4.69, 9.17) is 5.26 Å². The van der Waals surface area contributed by atoms with Crippen molar-refractivity contribution < 1.29 is 4.79 Å². The number of carbonyl (C=O) groups excluding carboxylic acids is 1. The fraction of sp³-hybridized carbons (Fsp3) is 0.176. The summed E-state index contributed by atoms with van der Waals surface area (Å²) in [6, 6.07) is 16.5. The Balaban J connectivity index is 2.14. The lowest BCUT2D eigenvalue weighted by molar-refractivity contribution is 0.102. The lowest BCUT2D eigenvalue weighted by Crippen LogP contribution is -2.13. The molecule has 4 heteroatoms. The van der Waals surface area contributed by atoms with Gasteiger partial charge in [-0.2, -0.15) is 5.26 Å². The average Bonchev–Trinajstić information content (AvgIpc) is 2.54. The minimum Gasteiger partial charge on any atom is -0.322 e. The summed E-state index contributed by atoms with van der Waals surface area (Å²) in [6.45, 7) is 2.12. The SMILES string of the molecule is CCCSc1ccccc1C(=O)Nc1ccc(C#N)cc1. The van der Waals surface area contributed by atoms with E-state index >= 15 is 0 Å². The maximum atomic E-state index is 12.4. The average molecular weight is 296 g/mol. The van der Waals surface area contributed by atoms with Crippen molar-refractivity contribution in [3.63, 3.8) is 0 Å². The van der Waals surface area contributed by atoms with Gasteiger partial charge in [-0.15, -0.1) is 11.8 Å². The van der Waals surface area contributed by atoms with E-state index in [1.807, 2.05) is 24.3 Å². The number of hydrogen-bond donors (Lipinski definition) is 1. The molecule has 0 aliphatic heterocycles. The third kappa shape index (κ3) is 4.11. The van der Waals surface area contributed by atoms with Crippen LogP contribution in [-0.2, 0) is 0 Å². The number of thioether (sulfide) groups is 1. The second-order valence-corrected chi connectivity index (χ2v) is 5.62. The van der Waals surface area contributed by atoms with Crippen LogP contribution in [0.25, 0.3) is 0 Å². The van der Waals surface area contributed by atoms with Crippen LogP contribution < -0.4 is 5.32 Å². The minimum atomic E-state index is -0.126. The molecule has 106 valence electrons. The minimum absolute atomic E-state index is 0.126. The Morgan fingerprint density at radius 2 is 1.90 bits per heavy atom. The van der Waals surface area contributed by atoms with Crippen LogP contribution in [-0.4, -0.2) is 11.7 Å². The van der Waals surface area contributed by atoms with Gasteiger partial charge in [-0.25, -0.2) is 0 Å². The van der Waals surface area contributed by atoms with Gasteiger partial charge in [0.25, 0.3) is 5.91 Å². The van der Waals surface area contributed by atoms with E-state index < -0.39 is 0 Å². The molecule has 0 aliphatic rings. The summed E-state index contributed by atoms with van der Waals surface area (Å²) in [5.41, 5.74) is 1.95. The molecule has 0 saturated carbocycles. The zero-order chi connectivity index (χ0) is 15.1. The molecule has 3 nitrogen and oxygen atoms in total. The number of hydrogen-bond acceptors (Lipinski definition) is 3. The molecule has 0 spiro atoms. The topological polar surface area (TPSA) is 52.9 Å². The van der Waals surface area contributed by atoms with E-state index in [1.165, 1.54) is 0 Å². The van der Waals surface area contributed by atoms with Gasteiger partial charge < -0.3 is 5.32 Å². The van der Waals surface area contributed by atoms with Gasteiger partial charge in [0, 0.05) is 10.6 Å². The molecule has 2 aromatic rings. The molecule has 0 fully saturated rings. The molecule has 1 N–H and O–H groups in total. The first-order valence-electron chi connectivity index (χ1n) is 6.78. The summed E-state index contributed by atoms with van der Waals surface area (Å²) in [5, 5.41) is 11.6. The van der Waals surface area contributed by atoms with Gasteiger partial charge in [0.05, 0.1) is 17.2 Å². The van der Waals surface area contributed by atoms with E-state index in [1.54, 1.807) is 36.0 Å². The normalized spacial score (nSPS) is 9.90. The van der Waals surface area contributed by atoms with Crippen LogP contribution in [0.1, 0.15) is 29.3 Å². The van der Waals surface area contributed by atoms with Crippen LogP contribution in [0.15, 0.2) is 53.4 Å². The first-order chi connectivity index (χ1) is 10.2. The van der Waals surface area contributed by atoms with Crippen molar-refractivity contribution in [1.82, 2.24) is 0 Å².